The summed E-state index contributed by atoms with van der Waals surface area (Å²) in [5.74, 6) is 0. The maximum atomic E-state index is 12.7. The van der Waals surface area contributed by atoms with E-state index in [0.29, 0.717) is 5.13 Å². The summed E-state index contributed by atoms with van der Waals surface area (Å²) in [7, 11) is -3.68. The van der Waals surface area contributed by atoms with E-state index < -0.39 is 10.0 Å². The summed E-state index contributed by atoms with van der Waals surface area (Å²) in [6.07, 6.45) is 0. The lowest BCUT2D eigenvalue weighted by atomic mass is 10.1. The Hall–Kier alpha value is -2.44. The molecule has 1 aromatic heterocycles. The number of fused-ring (bicyclic) bond motifs is 2. The Balaban J connectivity index is 1.74. The van der Waals surface area contributed by atoms with E-state index in [1.165, 1.54) is 11.3 Å². The molecule has 0 bridgehead atoms. The summed E-state index contributed by atoms with van der Waals surface area (Å²) in [6.45, 7) is 4.00. The summed E-state index contributed by atoms with van der Waals surface area (Å²) in [4.78, 5) is 4.69. The monoisotopic (exact) mass is 368 g/mol. The number of nitrogens with zero attached hydrogens (tertiary/aromatic N) is 1. The average molecular weight is 368 g/mol. The molecule has 4 aromatic rings. The lowest BCUT2D eigenvalue weighted by Crippen LogP contribution is -2.12. The molecule has 0 fully saturated rings. The Morgan fingerprint density at radius 3 is 2.52 bits per heavy atom. The minimum Gasteiger partial charge on any atom is -0.255 e. The van der Waals surface area contributed by atoms with Crippen molar-refractivity contribution in [2.45, 2.75) is 18.7 Å². The second-order valence-corrected chi connectivity index (χ2v) is 8.78. The van der Waals surface area contributed by atoms with Crippen LogP contribution in [0.5, 0.6) is 0 Å². The molecule has 4 rings (SSSR count). The van der Waals surface area contributed by atoms with E-state index in [1.54, 1.807) is 12.1 Å². The van der Waals surface area contributed by atoms with E-state index in [1.807, 2.05) is 56.3 Å². The Kier molecular flexibility index (Phi) is 3.74. The molecule has 1 N–H and O–H groups in total. The molecule has 0 spiro atoms. The van der Waals surface area contributed by atoms with Crippen molar-refractivity contribution >= 4 is 47.5 Å². The number of aromatic nitrogens is 1. The van der Waals surface area contributed by atoms with E-state index in [4.69, 9.17) is 0 Å². The van der Waals surface area contributed by atoms with Gasteiger partial charge in [-0.3, -0.25) is 4.72 Å². The van der Waals surface area contributed by atoms with Crippen molar-refractivity contribution in [1.82, 2.24) is 4.98 Å². The predicted molar refractivity (Wildman–Crippen MR) is 104 cm³/mol. The Morgan fingerprint density at radius 1 is 0.960 bits per heavy atom. The van der Waals surface area contributed by atoms with Gasteiger partial charge in [-0.15, -0.1) is 0 Å². The number of thiazole rings is 1. The highest BCUT2D eigenvalue weighted by molar-refractivity contribution is 7.93. The third kappa shape index (κ3) is 2.99. The first kappa shape index (κ1) is 16.1. The highest BCUT2D eigenvalue weighted by Gasteiger charge is 2.17. The van der Waals surface area contributed by atoms with E-state index in [2.05, 4.69) is 9.71 Å². The number of anilines is 1. The van der Waals surface area contributed by atoms with Crippen molar-refractivity contribution in [3.05, 3.63) is 65.7 Å². The van der Waals surface area contributed by atoms with Gasteiger partial charge in [-0.2, -0.15) is 0 Å². The number of rotatable bonds is 3. The number of hydrogen-bond donors (Lipinski definition) is 1. The second kappa shape index (κ2) is 5.82. The molecule has 0 aliphatic heterocycles. The number of sulfonamides is 1. The van der Waals surface area contributed by atoms with Gasteiger partial charge < -0.3 is 0 Å². The molecule has 4 nitrogen and oxygen atoms in total. The first-order valence-electron chi connectivity index (χ1n) is 7.82. The van der Waals surface area contributed by atoms with E-state index >= 15 is 0 Å². The topological polar surface area (TPSA) is 59.1 Å². The minimum atomic E-state index is -3.68. The van der Waals surface area contributed by atoms with Gasteiger partial charge in [-0.25, -0.2) is 13.4 Å². The summed E-state index contributed by atoms with van der Waals surface area (Å²) >= 11 is 1.35. The zero-order chi connectivity index (χ0) is 17.6. The van der Waals surface area contributed by atoms with E-state index in [-0.39, 0.29) is 4.90 Å². The molecule has 0 saturated heterocycles. The van der Waals surface area contributed by atoms with Crippen molar-refractivity contribution in [2.75, 3.05) is 4.72 Å². The fraction of sp³-hybridized carbons (Fsp3) is 0.105. The zero-order valence-electron chi connectivity index (χ0n) is 13.8. The predicted octanol–water partition coefficient (Wildman–Crippen LogP) is 4.87. The van der Waals surface area contributed by atoms with Crippen molar-refractivity contribution in [2.24, 2.45) is 0 Å². The summed E-state index contributed by atoms with van der Waals surface area (Å²) in [5, 5.41) is 2.28. The quantitative estimate of drug-likeness (QED) is 0.561. The van der Waals surface area contributed by atoms with Gasteiger partial charge in [-0.05, 0) is 53.9 Å². The van der Waals surface area contributed by atoms with Gasteiger partial charge in [0.05, 0.1) is 15.1 Å². The van der Waals surface area contributed by atoms with Crippen LogP contribution in [-0.2, 0) is 10.0 Å². The van der Waals surface area contributed by atoms with Crippen LogP contribution in [-0.4, -0.2) is 13.4 Å². The highest BCUT2D eigenvalue weighted by Crippen LogP contribution is 2.31. The Labute approximate surface area is 150 Å². The number of aryl methyl sites for hydroxylation is 2. The molecule has 0 unspecified atom stereocenters. The lowest BCUT2D eigenvalue weighted by molar-refractivity contribution is 0.601. The second-order valence-electron chi connectivity index (χ2n) is 6.06. The van der Waals surface area contributed by atoms with Crippen LogP contribution in [0.25, 0.3) is 21.0 Å². The van der Waals surface area contributed by atoms with Crippen molar-refractivity contribution in [3.8, 4) is 0 Å². The van der Waals surface area contributed by atoms with Crippen molar-refractivity contribution < 1.29 is 8.42 Å². The fourth-order valence-corrected chi connectivity index (χ4v) is 5.23. The van der Waals surface area contributed by atoms with Crippen LogP contribution < -0.4 is 4.72 Å². The smallest absolute Gasteiger partial charge is 0.255 e. The standard InChI is InChI=1S/C19H16N2O2S2/c1-12-9-13(2)18-17(10-12)24-19(20-18)21-25(22,23)16-8-7-14-5-3-4-6-15(14)11-16/h3-11H,1-2H3,(H,20,21). The highest BCUT2D eigenvalue weighted by atomic mass is 32.2. The molecule has 0 saturated carbocycles. The lowest BCUT2D eigenvalue weighted by Gasteiger charge is -2.06. The third-order valence-electron chi connectivity index (χ3n) is 4.08. The van der Waals surface area contributed by atoms with Gasteiger partial charge in [0.25, 0.3) is 10.0 Å². The number of benzene rings is 3. The minimum absolute atomic E-state index is 0.235. The van der Waals surface area contributed by atoms with Crippen LogP contribution in [0.2, 0.25) is 0 Å². The third-order valence-corrected chi connectivity index (χ3v) is 6.47. The molecule has 0 amide bonds. The average Bonchev–Trinajstić information content (AvgIpc) is 2.96. The van der Waals surface area contributed by atoms with Gasteiger partial charge in [0.2, 0.25) is 0 Å². The van der Waals surface area contributed by atoms with Crippen molar-refractivity contribution in [1.29, 1.82) is 0 Å². The van der Waals surface area contributed by atoms with Gasteiger partial charge in [-0.1, -0.05) is 47.7 Å². The fourth-order valence-electron chi connectivity index (χ4n) is 2.92. The SMILES string of the molecule is Cc1cc(C)c2nc(NS(=O)(=O)c3ccc4ccccc4c3)sc2c1. The molecule has 25 heavy (non-hydrogen) atoms. The van der Waals surface area contributed by atoms with Crippen LogP contribution in [0.15, 0.2) is 59.5 Å². The van der Waals surface area contributed by atoms with E-state index in [0.717, 1.165) is 32.1 Å². The molecule has 0 aliphatic carbocycles. The zero-order valence-corrected chi connectivity index (χ0v) is 15.4. The molecule has 0 radical (unpaired) electrons. The first-order valence-corrected chi connectivity index (χ1v) is 10.1. The van der Waals surface area contributed by atoms with Gasteiger partial charge in [0.1, 0.15) is 0 Å². The maximum absolute atomic E-state index is 12.7. The molecule has 3 aromatic carbocycles. The largest absolute Gasteiger partial charge is 0.263 e. The van der Waals surface area contributed by atoms with Crippen LogP contribution >= 0.6 is 11.3 Å². The molecular formula is C19H16N2O2S2. The Bertz CT molecular complexity index is 1210. The summed E-state index contributed by atoms with van der Waals surface area (Å²) < 4.78 is 29.1. The molecule has 126 valence electrons. The summed E-state index contributed by atoms with van der Waals surface area (Å²) in [5.41, 5.74) is 3.02. The molecule has 0 atom stereocenters. The summed E-state index contributed by atoms with van der Waals surface area (Å²) in [6, 6.07) is 16.9. The molecule has 1 heterocycles. The normalized spacial score (nSPS) is 11.9. The van der Waals surface area contributed by atoms with Crippen LogP contribution in [0.4, 0.5) is 5.13 Å². The maximum Gasteiger partial charge on any atom is 0.263 e. The van der Waals surface area contributed by atoms with Crippen LogP contribution in [0.1, 0.15) is 11.1 Å². The van der Waals surface area contributed by atoms with Crippen LogP contribution in [0.3, 0.4) is 0 Å². The first-order chi connectivity index (χ1) is 11.9. The molecule has 0 aliphatic rings. The Morgan fingerprint density at radius 2 is 1.72 bits per heavy atom. The number of hydrogen-bond acceptors (Lipinski definition) is 4. The molecular weight excluding hydrogens is 352 g/mol. The van der Waals surface area contributed by atoms with Gasteiger partial charge in [0.15, 0.2) is 5.13 Å². The number of nitrogens with one attached hydrogen (secondary N) is 1. The van der Waals surface area contributed by atoms with E-state index in [9.17, 15) is 8.42 Å². The molecule has 6 heteroatoms. The van der Waals surface area contributed by atoms with Gasteiger partial charge >= 0.3 is 0 Å². The van der Waals surface area contributed by atoms with Crippen LogP contribution in [0, 0.1) is 13.8 Å². The van der Waals surface area contributed by atoms with Gasteiger partial charge in [0, 0.05) is 0 Å². The van der Waals surface area contributed by atoms with Crippen molar-refractivity contribution in [3.63, 3.8) is 0 Å².